The zero-order chi connectivity index (χ0) is 13.5. The standard InChI is InChI=1S/C12H17N3O3.ClH/c1-18-11(16)10(7-13)15(12(14)17)8-9-5-3-2-4-6-9;/h2-6,10H,7-8,13H2,1H3,(H2,14,17);1H. The molecule has 0 radical (unpaired) electrons. The zero-order valence-electron chi connectivity index (χ0n) is 10.6. The Morgan fingerprint density at radius 3 is 2.32 bits per heavy atom. The van der Waals surface area contributed by atoms with Crippen LogP contribution < -0.4 is 11.5 Å². The summed E-state index contributed by atoms with van der Waals surface area (Å²) in [6.07, 6.45) is 0. The number of nitrogens with zero attached hydrogens (tertiary/aromatic N) is 1. The highest BCUT2D eigenvalue weighted by atomic mass is 35.5. The summed E-state index contributed by atoms with van der Waals surface area (Å²) >= 11 is 0. The van der Waals surface area contributed by atoms with Crippen LogP contribution in [0.5, 0.6) is 0 Å². The normalized spacial score (nSPS) is 11.1. The first-order valence-corrected chi connectivity index (χ1v) is 5.48. The second-order valence-corrected chi connectivity index (χ2v) is 3.73. The minimum absolute atomic E-state index is 0. The zero-order valence-corrected chi connectivity index (χ0v) is 11.4. The third kappa shape index (κ3) is 4.76. The molecule has 106 valence electrons. The van der Waals surface area contributed by atoms with Gasteiger partial charge >= 0.3 is 12.0 Å². The van der Waals surface area contributed by atoms with Gasteiger partial charge in [0.2, 0.25) is 0 Å². The van der Waals surface area contributed by atoms with Crippen LogP contribution in [0.25, 0.3) is 0 Å². The van der Waals surface area contributed by atoms with Crippen LogP contribution in [0.2, 0.25) is 0 Å². The summed E-state index contributed by atoms with van der Waals surface area (Å²) in [5.74, 6) is -0.577. The van der Waals surface area contributed by atoms with Crippen molar-refractivity contribution >= 4 is 24.4 Å². The third-order valence-electron chi connectivity index (χ3n) is 2.55. The molecule has 0 heterocycles. The predicted octanol–water partition coefficient (Wildman–Crippen LogP) is 0.489. The van der Waals surface area contributed by atoms with E-state index in [9.17, 15) is 9.59 Å². The van der Waals surface area contributed by atoms with Gasteiger partial charge in [-0.3, -0.25) is 0 Å². The molecule has 1 aromatic rings. The average Bonchev–Trinajstić information content (AvgIpc) is 2.39. The number of primary amides is 1. The van der Waals surface area contributed by atoms with Crippen LogP contribution in [0, 0.1) is 0 Å². The van der Waals surface area contributed by atoms with E-state index < -0.39 is 18.0 Å². The fraction of sp³-hybridized carbons (Fsp3) is 0.333. The Balaban J connectivity index is 0.00000324. The lowest BCUT2D eigenvalue weighted by Gasteiger charge is -2.27. The molecule has 6 nitrogen and oxygen atoms in total. The molecule has 2 amide bonds. The van der Waals surface area contributed by atoms with Crippen molar-refractivity contribution in [2.75, 3.05) is 13.7 Å². The summed E-state index contributed by atoms with van der Waals surface area (Å²) in [6, 6.07) is 7.63. The molecule has 1 unspecified atom stereocenters. The molecule has 1 rings (SSSR count). The Morgan fingerprint density at radius 1 is 1.32 bits per heavy atom. The van der Waals surface area contributed by atoms with Crippen molar-refractivity contribution in [2.45, 2.75) is 12.6 Å². The van der Waals surface area contributed by atoms with Gasteiger partial charge in [0, 0.05) is 13.1 Å². The van der Waals surface area contributed by atoms with E-state index in [0.29, 0.717) is 0 Å². The van der Waals surface area contributed by atoms with Crippen molar-refractivity contribution in [3.8, 4) is 0 Å². The number of hydrogen-bond donors (Lipinski definition) is 2. The van der Waals surface area contributed by atoms with Crippen LogP contribution in [0.1, 0.15) is 5.56 Å². The van der Waals surface area contributed by atoms with Crippen molar-refractivity contribution < 1.29 is 14.3 Å². The van der Waals surface area contributed by atoms with Crippen LogP contribution in [0.4, 0.5) is 4.79 Å². The number of carbonyl (C=O) groups is 2. The number of hydrogen-bond acceptors (Lipinski definition) is 4. The first kappa shape index (κ1) is 17.2. The largest absolute Gasteiger partial charge is 0.467 e. The van der Waals surface area contributed by atoms with Gasteiger partial charge in [-0.25, -0.2) is 9.59 Å². The number of nitrogens with two attached hydrogens (primary N) is 2. The van der Waals surface area contributed by atoms with Crippen molar-refractivity contribution in [1.82, 2.24) is 4.90 Å². The highest BCUT2D eigenvalue weighted by molar-refractivity contribution is 5.85. The molecule has 1 aromatic carbocycles. The summed E-state index contributed by atoms with van der Waals surface area (Å²) in [5, 5.41) is 0. The van der Waals surface area contributed by atoms with E-state index in [4.69, 9.17) is 11.5 Å². The molecule has 0 saturated heterocycles. The minimum Gasteiger partial charge on any atom is -0.467 e. The lowest BCUT2D eigenvalue weighted by molar-refractivity contribution is -0.145. The number of halogens is 1. The van der Waals surface area contributed by atoms with Crippen molar-refractivity contribution in [1.29, 1.82) is 0 Å². The van der Waals surface area contributed by atoms with Crippen LogP contribution in [0.15, 0.2) is 30.3 Å². The second kappa shape index (κ2) is 8.34. The van der Waals surface area contributed by atoms with Gasteiger partial charge in [0.1, 0.15) is 6.04 Å². The van der Waals surface area contributed by atoms with Crippen LogP contribution in [-0.4, -0.2) is 36.6 Å². The van der Waals surface area contributed by atoms with E-state index in [0.717, 1.165) is 5.56 Å². The highest BCUT2D eigenvalue weighted by Gasteiger charge is 2.28. The van der Waals surface area contributed by atoms with Gasteiger partial charge in [-0.15, -0.1) is 12.4 Å². The molecule has 4 N–H and O–H groups in total. The fourth-order valence-corrected chi connectivity index (χ4v) is 1.61. The van der Waals surface area contributed by atoms with E-state index in [-0.39, 0.29) is 25.5 Å². The van der Waals surface area contributed by atoms with E-state index >= 15 is 0 Å². The van der Waals surface area contributed by atoms with Gasteiger partial charge in [-0.05, 0) is 5.56 Å². The maximum atomic E-state index is 11.5. The van der Waals surface area contributed by atoms with Gasteiger partial charge in [-0.2, -0.15) is 0 Å². The summed E-state index contributed by atoms with van der Waals surface area (Å²) in [6.45, 7) is 0.176. The topological polar surface area (TPSA) is 98.7 Å². The fourth-order valence-electron chi connectivity index (χ4n) is 1.61. The lowest BCUT2D eigenvalue weighted by Crippen LogP contribution is -2.51. The molecule has 0 aliphatic rings. The first-order valence-electron chi connectivity index (χ1n) is 5.48. The molecule has 7 heteroatoms. The molecular formula is C12H18ClN3O3. The molecule has 0 fully saturated rings. The number of urea groups is 1. The van der Waals surface area contributed by atoms with Crippen LogP contribution in [0.3, 0.4) is 0 Å². The maximum Gasteiger partial charge on any atom is 0.329 e. The Hall–Kier alpha value is -1.79. The molecule has 0 bridgehead atoms. The number of methoxy groups -OCH3 is 1. The molecule has 0 aromatic heterocycles. The van der Waals surface area contributed by atoms with E-state index in [1.165, 1.54) is 12.0 Å². The Morgan fingerprint density at radius 2 is 1.89 bits per heavy atom. The Labute approximate surface area is 118 Å². The number of benzene rings is 1. The van der Waals surface area contributed by atoms with Gasteiger partial charge in [0.25, 0.3) is 0 Å². The predicted molar refractivity (Wildman–Crippen MR) is 73.7 cm³/mol. The van der Waals surface area contributed by atoms with Gasteiger partial charge < -0.3 is 21.1 Å². The summed E-state index contributed by atoms with van der Waals surface area (Å²) in [4.78, 5) is 24.1. The lowest BCUT2D eigenvalue weighted by atomic mass is 10.2. The number of rotatable bonds is 5. The average molecular weight is 288 g/mol. The highest BCUT2D eigenvalue weighted by Crippen LogP contribution is 2.08. The molecule has 0 aliphatic heterocycles. The molecule has 1 atom stereocenters. The number of amides is 2. The van der Waals surface area contributed by atoms with E-state index in [2.05, 4.69) is 4.74 Å². The molecular weight excluding hydrogens is 270 g/mol. The second-order valence-electron chi connectivity index (χ2n) is 3.73. The van der Waals surface area contributed by atoms with Gasteiger partial charge in [0.05, 0.1) is 7.11 Å². The van der Waals surface area contributed by atoms with Gasteiger partial charge in [-0.1, -0.05) is 30.3 Å². The molecule has 0 spiro atoms. The quantitative estimate of drug-likeness (QED) is 0.770. The monoisotopic (exact) mass is 287 g/mol. The molecule has 0 saturated carbocycles. The summed E-state index contributed by atoms with van der Waals surface area (Å²) < 4.78 is 4.60. The summed E-state index contributed by atoms with van der Waals surface area (Å²) in [5.41, 5.74) is 11.6. The number of carbonyl (C=O) groups excluding carboxylic acids is 2. The SMILES string of the molecule is COC(=O)C(CN)N(Cc1ccccc1)C(N)=O.Cl. The minimum atomic E-state index is -0.868. The van der Waals surface area contributed by atoms with Crippen LogP contribution in [-0.2, 0) is 16.1 Å². The van der Waals surface area contributed by atoms with Crippen LogP contribution >= 0.6 is 12.4 Å². The van der Waals surface area contributed by atoms with Gasteiger partial charge in [0.15, 0.2) is 0 Å². The molecule has 0 aliphatic carbocycles. The Kier molecular flexibility index (Phi) is 7.55. The maximum absolute atomic E-state index is 11.5. The summed E-state index contributed by atoms with van der Waals surface area (Å²) in [7, 11) is 1.24. The van der Waals surface area contributed by atoms with E-state index in [1.807, 2.05) is 30.3 Å². The number of ether oxygens (including phenoxy) is 1. The number of esters is 1. The van der Waals surface area contributed by atoms with Crippen molar-refractivity contribution in [2.24, 2.45) is 11.5 Å². The van der Waals surface area contributed by atoms with Crippen molar-refractivity contribution in [3.63, 3.8) is 0 Å². The molecule has 19 heavy (non-hydrogen) atoms. The van der Waals surface area contributed by atoms with E-state index in [1.54, 1.807) is 0 Å². The first-order chi connectivity index (χ1) is 8.60. The third-order valence-corrected chi connectivity index (χ3v) is 2.55. The van der Waals surface area contributed by atoms with Crippen molar-refractivity contribution in [3.05, 3.63) is 35.9 Å². The Bertz CT molecular complexity index is 414. The smallest absolute Gasteiger partial charge is 0.329 e.